The molecule has 2 nitrogen and oxygen atoms in total. The molecule has 0 saturated heterocycles. The van der Waals surface area contributed by atoms with E-state index in [1.807, 2.05) is 6.20 Å². The van der Waals surface area contributed by atoms with Gasteiger partial charge in [-0.05, 0) is 58.5 Å². The van der Waals surface area contributed by atoms with Gasteiger partial charge in [-0.1, -0.05) is 24.3 Å². The van der Waals surface area contributed by atoms with E-state index < -0.39 is 0 Å². The van der Waals surface area contributed by atoms with Gasteiger partial charge in [0.1, 0.15) is 5.82 Å². The molecule has 1 aromatic heterocycles. The highest BCUT2D eigenvalue weighted by Gasteiger charge is 2.20. The van der Waals surface area contributed by atoms with Crippen LogP contribution in [0.4, 0.5) is 5.82 Å². The fourth-order valence-corrected chi connectivity index (χ4v) is 2.71. The molecule has 1 aliphatic carbocycles. The monoisotopic (exact) mass is 302 g/mol. The van der Waals surface area contributed by atoms with Crippen LogP contribution >= 0.6 is 15.9 Å². The van der Waals surface area contributed by atoms with Crippen molar-refractivity contribution in [3.05, 3.63) is 57.7 Å². The van der Waals surface area contributed by atoms with Crippen molar-refractivity contribution in [3.8, 4) is 0 Å². The molecule has 2 aromatic rings. The van der Waals surface area contributed by atoms with Gasteiger partial charge in [-0.3, -0.25) is 0 Å². The van der Waals surface area contributed by atoms with Crippen molar-refractivity contribution >= 4 is 21.7 Å². The minimum Gasteiger partial charge on any atom is -0.367 e. The van der Waals surface area contributed by atoms with Gasteiger partial charge in [0, 0.05) is 16.7 Å². The van der Waals surface area contributed by atoms with Gasteiger partial charge in [-0.15, -0.1) is 0 Å². The number of nitrogens with zero attached hydrogens (tertiary/aromatic N) is 1. The van der Waals surface area contributed by atoms with E-state index >= 15 is 0 Å². The summed E-state index contributed by atoms with van der Waals surface area (Å²) in [6.45, 7) is 2.08. The summed E-state index contributed by atoms with van der Waals surface area (Å²) in [6.07, 6.45) is 4.04. The first-order valence-electron chi connectivity index (χ1n) is 6.18. The maximum Gasteiger partial charge on any atom is 0.126 e. The van der Waals surface area contributed by atoms with Crippen LogP contribution in [0.3, 0.4) is 0 Å². The standard InChI is InChI=1S/C15H15BrN2/c1-10-6-15(17-9-14(10)16)18-13-7-11-4-2-3-5-12(11)8-13/h2-6,9,13H,7-8H2,1H3,(H,17,18). The number of nitrogens with one attached hydrogen (secondary N) is 1. The van der Waals surface area contributed by atoms with E-state index in [0.717, 1.165) is 23.1 Å². The van der Waals surface area contributed by atoms with Crippen LogP contribution in [0.1, 0.15) is 16.7 Å². The zero-order valence-electron chi connectivity index (χ0n) is 10.3. The van der Waals surface area contributed by atoms with Crippen molar-refractivity contribution in [1.29, 1.82) is 0 Å². The van der Waals surface area contributed by atoms with Crippen LogP contribution < -0.4 is 5.32 Å². The normalized spacial score (nSPS) is 14.6. The van der Waals surface area contributed by atoms with E-state index in [1.54, 1.807) is 0 Å². The molecular weight excluding hydrogens is 288 g/mol. The number of halogens is 1. The van der Waals surface area contributed by atoms with E-state index in [0.29, 0.717) is 6.04 Å². The predicted octanol–water partition coefficient (Wildman–Crippen LogP) is 3.73. The zero-order chi connectivity index (χ0) is 12.5. The van der Waals surface area contributed by atoms with Crippen LogP contribution in [0.2, 0.25) is 0 Å². The lowest BCUT2D eigenvalue weighted by molar-refractivity contribution is 0.768. The number of hydrogen-bond acceptors (Lipinski definition) is 2. The van der Waals surface area contributed by atoms with E-state index in [2.05, 4.69) is 63.5 Å². The summed E-state index contributed by atoms with van der Waals surface area (Å²) in [4.78, 5) is 4.41. The fourth-order valence-electron chi connectivity index (χ4n) is 2.49. The SMILES string of the molecule is Cc1cc(NC2Cc3ccccc3C2)ncc1Br. The average molecular weight is 303 g/mol. The van der Waals surface area contributed by atoms with Crippen molar-refractivity contribution in [1.82, 2.24) is 4.98 Å². The lowest BCUT2D eigenvalue weighted by atomic mass is 10.1. The first kappa shape index (κ1) is 11.7. The number of hydrogen-bond donors (Lipinski definition) is 1. The highest BCUT2D eigenvalue weighted by Crippen LogP contribution is 2.25. The molecule has 0 aliphatic heterocycles. The highest BCUT2D eigenvalue weighted by molar-refractivity contribution is 9.10. The minimum atomic E-state index is 0.468. The maximum absolute atomic E-state index is 4.41. The molecule has 18 heavy (non-hydrogen) atoms. The Labute approximate surface area is 116 Å². The minimum absolute atomic E-state index is 0.468. The Bertz CT molecular complexity index is 555. The molecule has 0 bridgehead atoms. The summed E-state index contributed by atoms with van der Waals surface area (Å²) in [5.41, 5.74) is 4.13. The van der Waals surface area contributed by atoms with Gasteiger partial charge in [0.2, 0.25) is 0 Å². The second-order valence-corrected chi connectivity index (χ2v) is 5.69. The Kier molecular flexibility index (Phi) is 3.08. The summed E-state index contributed by atoms with van der Waals surface area (Å²) in [6, 6.07) is 11.2. The fraction of sp³-hybridized carbons (Fsp3) is 0.267. The van der Waals surface area contributed by atoms with Crippen LogP contribution in [0, 0.1) is 6.92 Å². The summed E-state index contributed by atoms with van der Waals surface area (Å²) in [5.74, 6) is 0.966. The molecule has 3 rings (SSSR count). The number of rotatable bonds is 2. The topological polar surface area (TPSA) is 24.9 Å². The molecular formula is C15H15BrN2. The van der Waals surface area contributed by atoms with Gasteiger partial charge >= 0.3 is 0 Å². The summed E-state index contributed by atoms with van der Waals surface area (Å²) < 4.78 is 1.06. The number of aryl methyl sites for hydroxylation is 1. The maximum atomic E-state index is 4.41. The molecule has 1 heterocycles. The van der Waals surface area contributed by atoms with Crippen molar-refractivity contribution in [2.75, 3.05) is 5.32 Å². The van der Waals surface area contributed by atoms with E-state index in [1.165, 1.54) is 16.7 Å². The Balaban J connectivity index is 1.74. The van der Waals surface area contributed by atoms with Gasteiger partial charge in [0.15, 0.2) is 0 Å². The highest BCUT2D eigenvalue weighted by atomic mass is 79.9. The molecule has 0 unspecified atom stereocenters. The van der Waals surface area contributed by atoms with Gasteiger partial charge in [-0.25, -0.2) is 4.98 Å². The third-order valence-corrected chi connectivity index (χ3v) is 4.28. The van der Waals surface area contributed by atoms with Gasteiger partial charge in [0.05, 0.1) is 0 Å². The van der Waals surface area contributed by atoms with Crippen molar-refractivity contribution < 1.29 is 0 Å². The Hall–Kier alpha value is -1.35. The lowest BCUT2D eigenvalue weighted by Gasteiger charge is -2.13. The molecule has 1 aromatic carbocycles. The van der Waals surface area contributed by atoms with Crippen molar-refractivity contribution in [2.45, 2.75) is 25.8 Å². The number of benzene rings is 1. The molecule has 0 saturated carbocycles. The lowest BCUT2D eigenvalue weighted by Crippen LogP contribution is -2.20. The molecule has 0 atom stereocenters. The quantitative estimate of drug-likeness (QED) is 0.914. The van der Waals surface area contributed by atoms with E-state index in [4.69, 9.17) is 0 Å². The van der Waals surface area contributed by atoms with Crippen LogP contribution in [0.5, 0.6) is 0 Å². The van der Waals surface area contributed by atoms with Gasteiger partial charge in [-0.2, -0.15) is 0 Å². The Morgan fingerprint density at radius 3 is 2.50 bits per heavy atom. The molecule has 1 N–H and O–H groups in total. The molecule has 3 heteroatoms. The number of fused-ring (bicyclic) bond motifs is 1. The average Bonchev–Trinajstić information content (AvgIpc) is 2.76. The molecule has 0 radical (unpaired) electrons. The van der Waals surface area contributed by atoms with E-state index in [9.17, 15) is 0 Å². The Morgan fingerprint density at radius 1 is 1.22 bits per heavy atom. The second-order valence-electron chi connectivity index (χ2n) is 4.84. The van der Waals surface area contributed by atoms with E-state index in [-0.39, 0.29) is 0 Å². The van der Waals surface area contributed by atoms with Gasteiger partial charge < -0.3 is 5.32 Å². The number of anilines is 1. The zero-order valence-corrected chi connectivity index (χ0v) is 11.9. The smallest absolute Gasteiger partial charge is 0.126 e. The summed E-state index contributed by atoms with van der Waals surface area (Å²) >= 11 is 3.48. The van der Waals surface area contributed by atoms with Crippen LogP contribution in [-0.2, 0) is 12.8 Å². The largest absolute Gasteiger partial charge is 0.367 e. The number of aromatic nitrogens is 1. The molecule has 0 amide bonds. The van der Waals surface area contributed by atoms with Crippen LogP contribution in [0.25, 0.3) is 0 Å². The summed E-state index contributed by atoms with van der Waals surface area (Å²) in [5, 5.41) is 3.52. The third-order valence-electron chi connectivity index (χ3n) is 3.45. The molecule has 92 valence electrons. The molecule has 0 spiro atoms. The van der Waals surface area contributed by atoms with Crippen LogP contribution in [0.15, 0.2) is 41.0 Å². The second kappa shape index (κ2) is 4.73. The molecule has 0 fully saturated rings. The summed E-state index contributed by atoms with van der Waals surface area (Å²) in [7, 11) is 0. The Morgan fingerprint density at radius 2 is 1.89 bits per heavy atom. The first-order valence-corrected chi connectivity index (χ1v) is 6.97. The first-order chi connectivity index (χ1) is 8.72. The number of pyridine rings is 1. The van der Waals surface area contributed by atoms with Crippen molar-refractivity contribution in [2.24, 2.45) is 0 Å². The molecule has 1 aliphatic rings. The third kappa shape index (κ3) is 2.27. The van der Waals surface area contributed by atoms with Crippen molar-refractivity contribution in [3.63, 3.8) is 0 Å². The predicted molar refractivity (Wildman–Crippen MR) is 77.9 cm³/mol. The van der Waals surface area contributed by atoms with Gasteiger partial charge in [0.25, 0.3) is 0 Å². The van der Waals surface area contributed by atoms with Crippen LogP contribution in [-0.4, -0.2) is 11.0 Å².